The summed E-state index contributed by atoms with van der Waals surface area (Å²) in [6.07, 6.45) is 0.392. The van der Waals surface area contributed by atoms with Gasteiger partial charge in [-0.3, -0.25) is 24.3 Å². The third-order valence-corrected chi connectivity index (χ3v) is 4.10. The average Bonchev–Trinajstić information content (AvgIpc) is 2.65. The third kappa shape index (κ3) is 3.86. The van der Waals surface area contributed by atoms with Crippen molar-refractivity contribution in [1.82, 2.24) is 4.57 Å². The van der Waals surface area contributed by atoms with Crippen LogP contribution in [-0.2, 0) is 11.3 Å². The number of ketones is 1. The van der Waals surface area contributed by atoms with Gasteiger partial charge in [-0.2, -0.15) is 5.26 Å². The Hall–Kier alpha value is -3.51. The predicted octanol–water partition coefficient (Wildman–Crippen LogP) is 1.91. The molecule has 0 atom stereocenters. The molecule has 1 aromatic heterocycles. The lowest BCUT2D eigenvalue weighted by molar-refractivity contribution is -0.384. The second-order valence-electron chi connectivity index (χ2n) is 5.75. The lowest BCUT2D eigenvalue weighted by Gasteiger charge is -2.15. The fourth-order valence-corrected chi connectivity index (χ4v) is 2.68. The molecule has 1 heterocycles. The predicted molar refractivity (Wildman–Crippen MR) is 94.8 cm³/mol. The van der Waals surface area contributed by atoms with Crippen molar-refractivity contribution in [2.24, 2.45) is 0 Å². The van der Waals surface area contributed by atoms with Gasteiger partial charge in [-0.05, 0) is 31.0 Å². The van der Waals surface area contributed by atoms with Gasteiger partial charge < -0.3 is 9.84 Å². The van der Waals surface area contributed by atoms with Gasteiger partial charge in [0, 0.05) is 38.0 Å². The molecule has 2 aromatic rings. The summed E-state index contributed by atoms with van der Waals surface area (Å²) in [6, 6.07) is 6.62. The SMILES string of the molecule is COCCCn1c(O)c(C(=O)c2ccc([N+](=O)[O-])cc2)c(C)c(C#N)c1=O. The molecule has 0 aliphatic carbocycles. The molecule has 0 aliphatic heterocycles. The van der Waals surface area contributed by atoms with Gasteiger partial charge in [-0.15, -0.1) is 0 Å². The highest BCUT2D eigenvalue weighted by Crippen LogP contribution is 2.26. The van der Waals surface area contributed by atoms with E-state index in [9.17, 15) is 30.1 Å². The number of pyridine rings is 1. The van der Waals surface area contributed by atoms with Crippen LogP contribution in [0.4, 0.5) is 5.69 Å². The van der Waals surface area contributed by atoms with E-state index in [4.69, 9.17) is 4.74 Å². The lowest BCUT2D eigenvalue weighted by Crippen LogP contribution is -2.27. The van der Waals surface area contributed by atoms with Gasteiger partial charge in [-0.1, -0.05) is 0 Å². The van der Waals surface area contributed by atoms with E-state index in [-0.39, 0.29) is 34.5 Å². The summed E-state index contributed by atoms with van der Waals surface area (Å²) in [4.78, 5) is 35.4. The highest BCUT2D eigenvalue weighted by molar-refractivity contribution is 6.11. The maximum atomic E-state index is 12.9. The summed E-state index contributed by atoms with van der Waals surface area (Å²) in [5, 5.41) is 30.6. The highest BCUT2D eigenvalue weighted by atomic mass is 16.6. The van der Waals surface area contributed by atoms with Crippen LogP contribution in [0.1, 0.15) is 33.5 Å². The van der Waals surface area contributed by atoms with Crippen LogP contribution in [0.25, 0.3) is 0 Å². The van der Waals surface area contributed by atoms with Gasteiger partial charge in [-0.25, -0.2) is 0 Å². The first kappa shape index (κ1) is 19.8. The zero-order valence-corrected chi connectivity index (χ0v) is 14.8. The average molecular weight is 371 g/mol. The number of hydrogen-bond acceptors (Lipinski definition) is 7. The number of carbonyl (C=O) groups excluding carboxylic acids is 1. The topological polar surface area (TPSA) is 135 Å². The summed E-state index contributed by atoms with van der Waals surface area (Å²) in [5.41, 5.74) is -1.15. The molecule has 0 fully saturated rings. The van der Waals surface area contributed by atoms with Crippen LogP contribution in [0.3, 0.4) is 0 Å². The summed E-state index contributed by atoms with van der Waals surface area (Å²) in [5.74, 6) is -1.19. The Morgan fingerprint density at radius 1 is 1.37 bits per heavy atom. The minimum atomic E-state index is -0.691. The van der Waals surface area contributed by atoms with Crippen LogP contribution < -0.4 is 5.56 Å². The molecule has 0 bridgehead atoms. The number of nitro groups is 1. The Bertz CT molecular complexity index is 986. The van der Waals surface area contributed by atoms with Crippen molar-refractivity contribution < 1.29 is 19.6 Å². The van der Waals surface area contributed by atoms with E-state index in [0.29, 0.717) is 13.0 Å². The van der Waals surface area contributed by atoms with E-state index >= 15 is 0 Å². The standard InChI is InChI=1S/C18H17N3O6/c1-11-14(10-19)17(23)20(8-3-9-27-2)18(24)15(11)16(22)12-4-6-13(7-5-12)21(25)26/h4-7,24H,3,8-9H2,1-2H3. The summed E-state index contributed by atoms with van der Waals surface area (Å²) < 4.78 is 5.88. The van der Waals surface area contributed by atoms with Gasteiger partial charge in [0.25, 0.3) is 11.2 Å². The number of aromatic nitrogens is 1. The van der Waals surface area contributed by atoms with Crippen LogP contribution in [0.2, 0.25) is 0 Å². The number of rotatable bonds is 7. The largest absolute Gasteiger partial charge is 0.494 e. The number of ether oxygens (including phenoxy) is 1. The molecule has 9 nitrogen and oxygen atoms in total. The first-order valence-electron chi connectivity index (χ1n) is 7.98. The quantitative estimate of drug-likeness (QED) is 0.340. The zero-order valence-electron chi connectivity index (χ0n) is 14.8. The van der Waals surface area contributed by atoms with Gasteiger partial charge in [0.1, 0.15) is 11.6 Å². The molecule has 0 amide bonds. The molecule has 0 radical (unpaired) electrons. The van der Waals surface area contributed by atoms with Crippen molar-refractivity contribution in [3.8, 4) is 11.9 Å². The number of aromatic hydroxyl groups is 1. The molecule has 0 aliphatic rings. The van der Waals surface area contributed by atoms with Crippen LogP contribution in [0, 0.1) is 28.4 Å². The number of nitro benzene ring substituents is 1. The molecule has 1 aromatic carbocycles. The van der Waals surface area contributed by atoms with Gasteiger partial charge in [0.05, 0.1) is 10.5 Å². The van der Waals surface area contributed by atoms with Crippen molar-refractivity contribution in [2.75, 3.05) is 13.7 Å². The lowest BCUT2D eigenvalue weighted by atomic mass is 9.97. The van der Waals surface area contributed by atoms with E-state index in [2.05, 4.69) is 0 Å². The molecule has 140 valence electrons. The first-order chi connectivity index (χ1) is 12.8. The molecular weight excluding hydrogens is 354 g/mol. The zero-order chi connectivity index (χ0) is 20.1. The molecular formula is C18H17N3O6. The second kappa shape index (κ2) is 8.25. The Morgan fingerprint density at radius 2 is 2.00 bits per heavy atom. The fraction of sp³-hybridized carbons (Fsp3) is 0.278. The number of carbonyl (C=O) groups is 1. The van der Waals surface area contributed by atoms with Crippen molar-refractivity contribution in [3.63, 3.8) is 0 Å². The number of non-ortho nitro benzene ring substituents is 1. The summed E-state index contributed by atoms with van der Waals surface area (Å²) in [6.45, 7) is 1.79. The van der Waals surface area contributed by atoms with Crippen LogP contribution in [0.15, 0.2) is 29.1 Å². The molecule has 27 heavy (non-hydrogen) atoms. The Kier molecular flexibility index (Phi) is 6.05. The summed E-state index contributed by atoms with van der Waals surface area (Å²) >= 11 is 0. The van der Waals surface area contributed by atoms with E-state index < -0.39 is 22.1 Å². The molecule has 0 spiro atoms. The number of hydrogen-bond donors (Lipinski definition) is 1. The van der Waals surface area contributed by atoms with Gasteiger partial charge in [0.15, 0.2) is 5.78 Å². The Labute approximate surface area is 154 Å². The maximum absolute atomic E-state index is 12.9. The summed E-state index contributed by atoms with van der Waals surface area (Å²) in [7, 11) is 1.49. The fourth-order valence-electron chi connectivity index (χ4n) is 2.68. The molecule has 0 saturated carbocycles. The molecule has 1 N–H and O–H groups in total. The number of nitrogens with zero attached hydrogens (tertiary/aromatic N) is 3. The van der Waals surface area contributed by atoms with Crippen LogP contribution >= 0.6 is 0 Å². The Morgan fingerprint density at radius 3 is 2.52 bits per heavy atom. The van der Waals surface area contributed by atoms with Crippen molar-refractivity contribution in [1.29, 1.82) is 5.26 Å². The molecule has 0 saturated heterocycles. The van der Waals surface area contributed by atoms with E-state index in [0.717, 1.165) is 4.57 Å². The minimum Gasteiger partial charge on any atom is -0.494 e. The molecule has 2 rings (SSSR count). The second-order valence-corrected chi connectivity index (χ2v) is 5.75. The third-order valence-electron chi connectivity index (χ3n) is 4.10. The van der Waals surface area contributed by atoms with E-state index in [1.54, 1.807) is 6.07 Å². The highest BCUT2D eigenvalue weighted by Gasteiger charge is 2.25. The van der Waals surface area contributed by atoms with Gasteiger partial charge in [0.2, 0.25) is 5.88 Å². The van der Waals surface area contributed by atoms with Crippen molar-refractivity contribution >= 4 is 11.5 Å². The van der Waals surface area contributed by atoms with Crippen molar-refractivity contribution in [2.45, 2.75) is 19.9 Å². The Balaban J connectivity index is 2.59. The minimum absolute atomic E-state index is 0.0614. The van der Waals surface area contributed by atoms with Gasteiger partial charge >= 0.3 is 0 Å². The molecule has 9 heteroatoms. The number of nitriles is 1. The smallest absolute Gasteiger partial charge is 0.271 e. The van der Waals surface area contributed by atoms with Crippen LogP contribution in [-0.4, -0.2) is 34.1 Å². The number of methoxy groups -OCH3 is 1. The van der Waals surface area contributed by atoms with E-state index in [1.165, 1.54) is 38.3 Å². The van der Waals surface area contributed by atoms with Crippen LogP contribution in [0.5, 0.6) is 5.88 Å². The van der Waals surface area contributed by atoms with Crippen molar-refractivity contribution in [3.05, 3.63) is 67.0 Å². The number of benzene rings is 1. The normalized spacial score (nSPS) is 10.4. The maximum Gasteiger partial charge on any atom is 0.271 e. The monoisotopic (exact) mass is 371 g/mol. The molecule has 0 unspecified atom stereocenters. The first-order valence-corrected chi connectivity index (χ1v) is 7.98. The van der Waals surface area contributed by atoms with E-state index in [1.807, 2.05) is 0 Å².